The molecule has 2 heterocycles. The molecular weight excluding hydrogens is 192 g/mol. The molecule has 0 saturated carbocycles. The second kappa shape index (κ2) is 3.73. The average Bonchev–Trinajstić information content (AvgIpc) is 2.52. The first-order valence-corrected chi connectivity index (χ1v) is 4.57. The molecule has 0 spiro atoms. The quantitative estimate of drug-likeness (QED) is 0.468. The van der Waals surface area contributed by atoms with Crippen molar-refractivity contribution in [3.63, 3.8) is 0 Å². The van der Waals surface area contributed by atoms with Crippen molar-refractivity contribution in [1.82, 2.24) is 0 Å². The third kappa shape index (κ3) is 1.54. The number of hydrogen-bond donors (Lipinski definition) is 3. The van der Waals surface area contributed by atoms with Gasteiger partial charge in [-0.15, -0.1) is 0 Å². The predicted octanol–water partition coefficient (Wildman–Crippen LogP) is -1.81. The maximum atomic E-state index is 9.62. The SMILES string of the molecule is CC1OC2[C@@H](O1)OC(CO)[C@@H](O)[C@@H]2O. The highest BCUT2D eigenvalue weighted by Gasteiger charge is 2.50. The van der Waals surface area contributed by atoms with Crippen LogP contribution >= 0.6 is 0 Å². The first-order valence-electron chi connectivity index (χ1n) is 4.57. The van der Waals surface area contributed by atoms with Crippen LogP contribution in [0, 0.1) is 0 Å². The Labute approximate surface area is 81.0 Å². The van der Waals surface area contributed by atoms with Crippen LogP contribution in [0.3, 0.4) is 0 Å². The topological polar surface area (TPSA) is 88.4 Å². The largest absolute Gasteiger partial charge is 0.394 e. The molecular formula is C8H14O6. The van der Waals surface area contributed by atoms with Gasteiger partial charge in [0.25, 0.3) is 0 Å². The van der Waals surface area contributed by atoms with E-state index in [-0.39, 0.29) is 6.61 Å². The fourth-order valence-electron chi connectivity index (χ4n) is 1.75. The van der Waals surface area contributed by atoms with Gasteiger partial charge in [0.15, 0.2) is 12.6 Å². The van der Waals surface area contributed by atoms with Gasteiger partial charge in [0.2, 0.25) is 0 Å². The molecule has 82 valence electrons. The molecule has 0 radical (unpaired) electrons. The zero-order chi connectivity index (χ0) is 10.3. The smallest absolute Gasteiger partial charge is 0.190 e. The number of aliphatic hydroxyl groups excluding tert-OH is 3. The van der Waals surface area contributed by atoms with Crippen LogP contribution in [0.15, 0.2) is 0 Å². The van der Waals surface area contributed by atoms with Gasteiger partial charge in [-0.1, -0.05) is 0 Å². The van der Waals surface area contributed by atoms with Crippen LogP contribution in [0.1, 0.15) is 6.92 Å². The molecule has 3 unspecified atom stereocenters. The number of ether oxygens (including phenoxy) is 3. The number of hydrogen-bond acceptors (Lipinski definition) is 6. The highest BCUT2D eigenvalue weighted by molar-refractivity contribution is 4.91. The molecule has 0 aromatic rings. The van der Waals surface area contributed by atoms with E-state index in [2.05, 4.69) is 0 Å². The van der Waals surface area contributed by atoms with Gasteiger partial charge in [-0.2, -0.15) is 0 Å². The lowest BCUT2D eigenvalue weighted by Gasteiger charge is -2.36. The van der Waals surface area contributed by atoms with Gasteiger partial charge in [0.1, 0.15) is 24.4 Å². The van der Waals surface area contributed by atoms with Crippen molar-refractivity contribution in [1.29, 1.82) is 0 Å². The minimum atomic E-state index is -1.14. The maximum Gasteiger partial charge on any atom is 0.190 e. The molecule has 2 aliphatic rings. The minimum absolute atomic E-state index is 0.362. The van der Waals surface area contributed by atoms with Gasteiger partial charge >= 0.3 is 0 Å². The third-order valence-corrected chi connectivity index (χ3v) is 2.50. The van der Waals surface area contributed by atoms with E-state index in [0.717, 1.165) is 0 Å². The molecule has 0 bridgehead atoms. The van der Waals surface area contributed by atoms with E-state index in [0.29, 0.717) is 0 Å². The number of aliphatic hydroxyl groups is 3. The molecule has 0 amide bonds. The Morgan fingerprint density at radius 1 is 1.07 bits per heavy atom. The zero-order valence-electron chi connectivity index (χ0n) is 7.74. The first kappa shape index (κ1) is 10.3. The van der Waals surface area contributed by atoms with Gasteiger partial charge < -0.3 is 29.5 Å². The summed E-state index contributed by atoms with van der Waals surface area (Å²) in [4.78, 5) is 0. The van der Waals surface area contributed by atoms with E-state index in [1.165, 1.54) is 0 Å². The van der Waals surface area contributed by atoms with Crippen molar-refractivity contribution in [3.05, 3.63) is 0 Å². The summed E-state index contributed by atoms with van der Waals surface area (Å²) in [5.41, 5.74) is 0. The summed E-state index contributed by atoms with van der Waals surface area (Å²) in [6.07, 6.45) is -4.90. The van der Waals surface area contributed by atoms with Crippen LogP contribution in [-0.2, 0) is 14.2 Å². The molecule has 6 nitrogen and oxygen atoms in total. The molecule has 0 aromatic carbocycles. The predicted molar refractivity (Wildman–Crippen MR) is 43.2 cm³/mol. The van der Waals surface area contributed by atoms with E-state index >= 15 is 0 Å². The molecule has 2 fully saturated rings. The van der Waals surface area contributed by atoms with E-state index < -0.39 is 37.0 Å². The highest BCUT2D eigenvalue weighted by Crippen LogP contribution is 2.30. The second-order valence-corrected chi connectivity index (χ2v) is 3.51. The molecule has 2 saturated heterocycles. The lowest BCUT2D eigenvalue weighted by atomic mass is 9.99. The van der Waals surface area contributed by atoms with Crippen LogP contribution in [0.25, 0.3) is 0 Å². The minimum Gasteiger partial charge on any atom is -0.394 e. The molecule has 14 heavy (non-hydrogen) atoms. The summed E-state index contributed by atoms with van der Waals surface area (Å²) >= 11 is 0. The molecule has 2 aliphatic heterocycles. The summed E-state index contributed by atoms with van der Waals surface area (Å²) in [5.74, 6) is 0. The first-order chi connectivity index (χ1) is 6.63. The average molecular weight is 206 g/mol. The summed E-state index contributed by atoms with van der Waals surface area (Å²) in [5, 5.41) is 28.0. The Morgan fingerprint density at radius 3 is 2.43 bits per heavy atom. The van der Waals surface area contributed by atoms with Gasteiger partial charge in [0, 0.05) is 0 Å². The molecule has 3 N–H and O–H groups in total. The molecule has 6 atom stereocenters. The Bertz CT molecular complexity index is 208. The van der Waals surface area contributed by atoms with E-state index in [1.807, 2.05) is 0 Å². The fraction of sp³-hybridized carbons (Fsp3) is 1.00. The van der Waals surface area contributed by atoms with Crippen molar-refractivity contribution in [3.8, 4) is 0 Å². The summed E-state index contributed by atoms with van der Waals surface area (Å²) in [7, 11) is 0. The Balaban J connectivity index is 2.09. The van der Waals surface area contributed by atoms with Crippen LogP contribution in [0.2, 0.25) is 0 Å². The zero-order valence-corrected chi connectivity index (χ0v) is 7.74. The maximum absolute atomic E-state index is 9.62. The van der Waals surface area contributed by atoms with Gasteiger partial charge in [-0.3, -0.25) is 0 Å². The van der Waals surface area contributed by atoms with Crippen LogP contribution in [0.5, 0.6) is 0 Å². The lowest BCUT2D eigenvalue weighted by molar-refractivity contribution is -0.252. The third-order valence-electron chi connectivity index (χ3n) is 2.50. The van der Waals surface area contributed by atoms with Gasteiger partial charge in [-0.25, -0.2) is 0 Å². The van der Waals surface area contributed by atoms with E-state index in [9.17, 15) is 10.2 Å². The number of rotatable bonds is 1. The molecule has 2 rings (SSSR count). The molecule has 6 heteroatoms. The fourth-order valence-corrected chi connectivity index (χ4v) is 1.75. The normalized spacial score (nSPS) is 53.1. The second-order valence-electron chi connectivity index (χ2n) is 3.51. The highest BCUT2D eigenvalue weighted by atomic mass is 16.8. The summed E-state index contributed by atoms with van der Waals surface area (Å²) < 4.78 is 15.6. The van der Waals surface area contributed by atoms with Crippen molar-refractivity contribution < 1.29 is 29.5 Å². The summed E-state index contributed by atoms with van der Waals surface area (Å²) in [6.45, 7) is 1.31. The van der Waals surface area contributed by atoms with Crippen molar-refractivity contribution in [2.75, 3.05) is 6.61 Å². The monoisotopic (exact) mass is 206 g/mol. The Morgan fingerprint density at radius 2 is 1.79 bits per heavy atom. The van der Waals surface area contributed by atoms with Gasteiger partial charge in [0.05, 0.1) is 6.61 Å². The van der Waals surface area contributed by atoms with E-state index in [1.54, 1.807) is 6.92 Å². The van der Waals surface area contributed by atoms with Crippen molar-refractivity contribution in [2.24, 2.45) is 0 Å². The Hall–Kier alpha value is -0.240. The number of fused-ring (bicyclic) bond motifs is 1. The standard InChI is InChI=1S/C8H14O6/c1-3-12-7-6(11)5(10)4(2-9)14-8(7)13-3/h3-11H,2H2,1H3/t3?,4?,5-,6+,7?,8+/m1/s1. The van der Waals surface area contributed by atoms with Gasteiger partial charge in [-0.05, 0) is 6.92 Å². The summed E-state index contributed by atoms with van der Waals surface area (Å²) in [6, 6.07) is 0. The van der Waals surface area contributed by atoms with Crippen LogP contribution in [-0.4, -0.2) is 58.9 Å². The van der Waals surface area contributed by atoms with Crippen LogP contribution < -0.4 is 0 Å². The molecule has 0 aromatic heterocycles. The Kier molecular flexibility index (Phi) is 2.74. The van der Waals surface area contributed by atoms with Crippen molar-refractivity contribution in [2.45, 2.75) is 43.9 Å². The van der Waals surface area contributed by atoms with Crippen molar-refractivity contribution >= 4 is 0 Å². The van der Waals surface area contributed by atoms with Crippen LogP contribution in [0.4, 0.5) is 0 Å². The lowest BCUT2D eigenvalue weighted by Crippen LogP contribution is -2.57. The molecule has 0 aliphatic carbocycles. The van der Waals surface area contributed by atoms with E-state index in [4.69, 9.17) is 19.3 Å².